The SMILES string of the molecule is ClCc1cc(OCc2ccccc2)ccc1Br. The molecule has 0 aliphatic carbocycles. The Morgan fingerprint density at radius 3 is 2.53 bits per heavy atom. The van der Waals surface area contributed by atoms with Crippen LogP contribution in [0.3, 0.4) is 0 Å². The lowest BCUT2D eigenvalue weighted by Crippen LogP contribution is -1.95. The smallest absolute Gasteiger partial charge is 0.120 e. The van der Waals surface area contributed by atoms with E-state index in [2.05, 4.69) is 15.9 Å². The molecule has 88 valence electrons. The lowest BCUT2D eigenvalue weighted by Gasteiger charge is -2.08. The summed E-state index contributed by atoms with van der Waals surface area (Å²) in [6, 6.07) is 15.9. The van der Waals surface area contributed by atoms with Crippen molar-refractivity contribution in [3.63, 3.8) is 0 Å². The van der Waals surface area contributed by atoms with Crippen LogP contribution in [0.5, 0.6) is 5.75 Å². The van der Waals surface area contributed by atoms with Gasteiger partial charge in [-0.2, -0.15) is 0 Å². The van der Waals surface area contributed by atoms with E-state index in [-0.39, 0.29) is 0 Å². The van der Waals surface area contributed by atoms with Crippen molar-refractivity contribution < 1.29 is 4.74 Å². The average molecular weight is 312 g/mol. The maximum atomic E-state index is 5.84. The van der Waals surface area contributed by atoms with Gasteiger partial charge in [-0.15, -0.1) is 11.6 Å². The predicted molar refractivity (Wildman–Crippen MR) is 74.5 cm³/mol. The number of rotatable bonds is 4. The summed E-state index contributed by atoms with van der Waals surface area (Å²) in [4.78, 5) is 0. The van der Waals surface area contributed by atoms with Gasteiger partial charge < -0.3 is 4.74 Å². The van der Waals surface area contributed by atoms with Gasteiger partial charge in [-0.25, -0.2) is 0 Å². The van der Waals surface area contributed by atoms with Gasteiger partial charge in [0.2, 0.25) is 0 Å². The molecule has 1 nitrogen and oxygen atoms in total. The number of ether oxygens (including phenoxy) is 1. The second kappa shape index (κ2) is 6.08. The van der Waals surface area contributed by atoms with Crippen LogP contribution in [-0.2, 0) is 12.5 Å². The van der Waals surface area contributed by atoms with Gasteiger partial charge in [-0.1, -0.05) is 46.3 Å². The first-order valence-electron chi connectivity index (χ1n) is 5.30. The van der Waals surface area contributed by atoms with Gasteiger partial charge in [0.15, 0.2) is 0 Å². The Hall–Kier alpha value is -0.990. The molecular weight excluding hydrogens is 300 g/mol. The fraction of sp³-hybridized carbons (Fsp3) is 0.143. The van der Waals surface area contributed by atoms with E-state index in [0.717, 1.165) is 21.3 Å². The lowest BCUT2D eigenvalue weighted by molar-refractivity contribution is 0.306. The molecule has 0 fully saturated rings. The third-order valence-electron chi connectivity index (χ3n) is 2.41. The van der Waals surface area contributed by atoms with E-state index in [9.17, 15) is 0 Å². The van der Waals surface area contributed by atoms with Crippen molar-refractivity contribution in [2.24, 2.45) is 0 Å². The Morgan fingerprint density at radius 2 is 1.82 bits per heavy atom. The van der Waals surface area contributed by atoms with E-state index >= 15 is 0 Å². The third-order valence-corrected chi connectivity index (χ3v) is 3.47. The third kappa shape index (κ3) is 3.48. The molecule has 0 radical (unpaired) electrons. The molecule has 0 saturated heterocycles. The molecule has 2 aromatic carbocycles. The molecule has 0 aliphatic heterocycles. The fourth-order valence-electron chi connectivity index (χ4n) is 1.48. The molecular formula is C14H12BrClO. The lowest BCUT2D eigenvalue weighted by atomic mass is 10.2. The molecule has 2 rings (SSSR count). The summed E-state index contributed by atoms with van der Waals surface area (Å²) >= 11 is 9.28. The van der Waals surface area contributed by atoms with Gasteiger partial charge in [0, 0.05) is 10.4 Å². The number of hydrogen-bond donors (Lipinski definition) is 0. The van der Waals surface area contributed by atoms with Crippen LogP contribution in [0.4, 0.5) is 0 Å². The van der Waals surface area contributed by atoms with E-state index in [1.807, 2.05) is 48.5 Å². The van der Waals surface area contributed by atoms with Crippen LogP contribution >= 0.6 is 27.5 Å². The van der Waals surface area contributed by atoms with E-state index in [0.29, 0.717) is 12.5 Å². The Labute approximate surface area is 115 Å². The van der Waals surface area contributed by atoms with Gasteiger partial charge >= 0.3 is 0 Å². The minimum atomic E-state index is 0.475. The summed E-state index contributed by atoms with van der Waals surface area (Å²) in [7, 11) is 0. The van der Waals surface area contributed by atoms with Gasteiger partial charge in [-0.3, -0.25) is 0 Å². The van der Waals surface area contributed by atoms with Crippen LogP contribution in [0.15, 0.2) is 53.0 Å². The summed E-state index contributed by atoms with van der Waals surface area (Å²) in [6.07, 6.45) is 0. The quantitative estimate of drug-likeness (QED) is 0.739. The maximum Gasteiger partial charge on any atom is 0.120 e. The fourth-order valence-corrected chi connectivity index (χ4v) is 2.25. The van der Waals surface area contributed by atoms with Crippen LogP contribution in [0.2, 0.25) is 0 Å². The van der Waals surface area contributed by atoms with Crippen molar-refractivity contribution in [1.29, 1.82) is 0 Å². The summed E-state index contributed by atoms with van der Waals surface area (Å²) in [5.41, 5.74) is 2.19. The Kier molecular flexibility index (Phi) is 4.46. The Bertz CT molecular complexity index is 485. The molecule has 0 saturated carbocycles. The monoisotopic (exact) mass is 310 g/mol. The molecule has 17 heavy (non-hydrogen) atoms. The first kappa shape index (κ1) is 12.5. The highest BCUT2D eigenvalue weighted by Gasteiger charge is 2.01. The number of hydrogen-bond acceptors (Lipinski definition) is 1. The largest absolute Gasteiger partial charge is 0.489 e. The first-order valence-corrected chi connectivity index (χ1v) is 6.63. The van der Waals surface area contributed by atoms with Crippen molar-refractivity contribution in [3.8, 4) is 5.75 Å². The predicted octanol–water partition coefficient (Wildman–Crippen LogP) is 4.77. The van der Waals surface area contributed by atoms with E-state index < -0.39 is 0 Å². The van der Waals surface area contributed by atoms with Crippen molar-refractivity contribution >= 4 is 27.5 Å². The second-order valence-electron chi connectivity index (χ2n) is 3.66. The van der Waals surface area contributed by atoms with Gasteiger partial charge in [0.1, 0.15) is 12.4 Å². The molecule has 0 bridgehead atoms. The van der Waals surface area contributed by atoms with Crippen LogP contribution in [0, 0.1) is 0 Å². The minimum Gasteiger partial charge on any atom is -0.489 e. The molecule has 2 aromatic rings. The summed E-state index contributed by atoms with van der Waals surface area (Å²) in [5.74, 6) is 1.32. The van der Waals surface area contributed by atoms with E-state index in [4.69, 9.17) is 16.3 Å². The van der Waals surface area contributed by atoms with Crippen LogP contribution in [-0.4, -0.2) is 0 Å². The first-order chi connectivity index (χ1) is 8.29. The highest BCUT2D eigenvalue weighted by molar-refractivity contribution is 9.10. The van der Waals surface area contributed by atoms with Crippen LogP contribution in [0.1, 0.15) is 11.1 Å². The summed E-state index contributed by atoms with van der Waals surface area (Å²) in [5, 5.41) is 0. The molecule has 0 aromatic heterocycles. The summed E-state index contributed by atoms with van der Waals surface area (Å²) < 4.78 is 6.72. The number of benzene rings is 2. The highest BCUT2D eigenvalue weighted by atomic mass is 79.9. The van der Waals surface area contributed by atoms with Crippen LogP contribution in [0.25, 0.3) is 0 Å². The summed E-state index contributed by atoms with van der Waals surface area (Å²) in [6.45, 7) is 0.574. The standard InChI is InChI=1S/C14H12BrClO/c15-14-7-6-13(8-12(14)9-16)17-10-11-4-2-1-3-5-11/h1-8H,9-10H2. The average Bonchev–Trinajstić information content (AvgIpc) is 2.39. The van der Waals surface area contributed by atoms with E-state index in [1.54, 1.807) is 0 Å². The normalized spacial score (nSPS) is 10.2. The number of halogens is 2. The Balaban J connectivity index is 2.04. The van der Waals surface area contributed by atoms with Crippen LogP contribution < -0.4 is 4.74 Å². The maximum absolute atomic E-state index is 5.84. The minimum absolute atomic E-state index is 0.475. The molecule has 0 aliphatic rings. The Morgan fingerprint density at radius 1 is 1.06 bits per heavy atom. The number of alkyl halides is 1. The molecule has 3 heteroatoms. The zero-order valence-corrected chi connectivity index (χ0v) is 11.5. The molecule has 0 unspecified atom stereocenters. The molecule has 0 N–H and O–H groups in total. The van der Waals surface area contributed by atoms with Crippen molar-refractivity contribution in [1.82, 2.24) is 0 Å². The van der Waals surface area contributed by atoms with Crippen molar-refractivity contribution in [2.45, 2.75) is 12.5 Å². The second-order valence-corrected chi connectivity index (χ2v) is 4.78. The zero-order valence-electron chi connectivity index (χ0n) is 9.20. The van der Waals surface area contributed by atoms with E-state index in [1.165, 1.54) is 0 Å². The van der Waals surface area contributed by atoms with Gasteiger partial charge in [0.25, 0.3) is 0 Å². The van der Waals surface area contributed by atoms with Gasteiger partial charge in [-0.05, 0) is 29.3 Å². The topological polar surface area (TPSA) is 9.23 Å². The zero-order chi connectivity index (χ0) is 12.1. The molecule has 0 atom stereocenters. The molecule has 0 spiro atoms. The molecule has 0 heterocycles. The highest BCUT2D eigenvalue weighted by Crippen LogP contribution is 2.24. The van der Waals surface area contributed by atoms with Crippen molar-refractivity contribution in [3.05, 3.63) is 64.1 Å². The van der Waals surface area contributed by atoms with Gasteiger partial charge in [0.05, 0.1) is 0 Å². The molecule has 0 amide bonds. The van der Waals surface area contributed by atoms with Crippen molar-refractivity contribution in [2.75, 3.05) is 0 Å².